The van der Waals surface area contributed by atoms with Crippen molar-refractivity contribution in [3.8, 4) is 0 Å². The summed E-state index contributed by atoms with van der Waals surface area (Å²) in [6.07, 6.45) is 4.78. The molecule has 0 unspecified atom stereocenters. The lowest BCUT2D eigenvalue weighted by Crippen LogP contribution is -2.18. The Kier molecular flexibility index (Phi) is 3.46. The Morgan fingerprint density at radius 3 is 3.00 bits per heavy atom. The van der Waals surface area contributed by atoms with Gasteiger partial charge >= 0.3 is 0 Å². The molecular weight excluding hydrogens is 293 g/mol. The maximum Gasteiger partial charge on any atom is 0.148 e. The first-order valence-corrected chi connectivity index (χ1v) is 5.74. The van der Waals surface area contributed by atoms with Gasteiger partial charge in [-0.1, -0.05) is 11.6 Å². The quantitative estimate of drug-likeness (QED) is 0.817. The zero-order valence-electron chi connectivity index (χ0n) is 8.52. The number of hydrogen-bond donors (Lipinski definition) is 0. The Morgan fingerprint density at radius 1 is 1.50 bits per heavy atom. The molecule has 0 aliphatic rings. The minimum atomic E-state index is 0.407. The number of nitrogens with zero attached hydrogens (tertiary/aromatic N) is 3. The Balaban J connectivity index is 2.21. The second kappa shape index (κ2) is 4.84. The van der Waals surface area contributed by atoms with Gasteiger partial charge in [-0.05, 0) is 22.0 Å². The first kappa shape index (κ1) is 11.4. The molecule has 0 amide bonds. The summed E-state index contributed by atoms with van der Waals surface area (Å²) < 4.78 is 5.70. The van der Waals surface area contributed by atoms with E-state index < -0.39 is 0 Å². The van der Waals surface area contributed by atoms with Crippen LogP contribution >= 0.6 is 27.5 Å². The molecule has 0 saturated heterocycles. The fourth-order valence-corrected chi connectivity index (χ4v) is 1.97. The van der Waals surface area contributed by atoms with Crippen molar-refractivity contribution in [3.05, 3.63) is 40.1 Å². The molecule has 0 bridgehead atoms. The van der Waals surface area contributed by atoms with Crippen LogP contribution in [-0.4, -0.2) is 17.0 Å². The van der Waals surface area contributed by atoms with Crippen molar-refractivity contribution in [1.29, 1.82) is 0 Å². The predicted molar refractivity (Wildman–Crippen MR) is 65.6 cm³/mol. The standard InChI is InChI=1S/C10H9BrClN3O/c1-15(4-7-2-3-16-5-7)10-8(11)9(12)13-6-14-10/h2-3,5-6H,4H2,1H3. The van der Waals surface area contributed by atoms with Gasteiger partial charge in [-0.15, -0.1) is 0 Å². The van der Waals surface area contributed by atoms with Crippen molar-refractivity contribution in [2.24, 2.45) is 0 Å². The number of furan rings is 1. The summed E-state index contributed by atoms with van der Waals surface area (Å²) in [4.78, 5) is 10.0. The summed E-state index contributed by atoms with van der Waals surface area (Å²) in [5.41, 5.74) is 1.07. The zero-order chi connectivity index (χ0) is 11.5. The average molecular weight is 303 g/mol. The highest BCUT2D eigenvalue weighted by atomic mass is 79.9. The van der Waals surface area contributed by atoms with E-state index in [2.05, 4.69) is 25.9 Å². The molecule has 0 aliphatic heterocycles. The third kappa shape index (κ3) is 2.36. The van der Waals surface area contributed by atoms with Gasteiger partial charge < -0.3 is 9.32 Å². The molecule has 4 nitrogen and oxygen atoms in total. The molecule has 0 aliphatic carbocycles. The largest absolute Gasteiger partial charge is 0.472 e. The van der Waals surface area contributed by atoms with Crippen LogP contribution in [0.25, 0.3) is 0 Å². The van der Waals surface area contributed by atoms with Crippen LogP contribution in [0.1, 0.15) is 5.56 Å². The first-order valence-electron chi connectivity index (χ1n) is 4.56. The lowest BCUT2D eigenvalue weighted by molar-refractivity contribution is 0.563. The van der Waals surface area contributed by atoms with Crippen LogP contribution in [0.4, 0.5) is 5.82 Å². The summed E-state index contributed by atoms with van der Waals surface area (Å²) in [7, 11) is 1.93. The monoisotopic (exact) mass is 301 g/mol. The number of hydrogen-bond acceptors (Lipinski definition) is 4. The molecular formula is C10H9BrClN3O. The SMILES string of the molecule is CN(Cc1ccoc1)c1ncnc(Cl)c1Br. The first-order chi connectivity index (χ1) is 7.68. The highest BCUT2D eigenvalue weighted by molar-refractivity contribution is 9.10. The van der Waals surface area contributed by atoms with Crippen molar-refractivity contribution >= 4 is 33.3 Å². The van der Waals surface area contributed by atoms with E-state index in [4.69, 9.17) is 16.0 Å². The number of aromatic nitrogens is 2. The van der Waals surface area contributed by atoms with Crippen molar-refractivity contribution in [3.63, 3.8) is 0 Å². The van der Waals surface area contributed by atoms with E-state index in [1.54, 1.807) is 12.5 Å². The predicted octanol–water partition coefficient (Wildman–Crippen LogP) is 3.12. The molecule has 0 N–H and O–H groups in total. The van der Waals surface area contributed by atoms with Gasteiger partial charge in [-0.25, -0.2) is 9.97 Å². The normalized spacial score (nSPS) is 10.4. The van der Waals surface area contributed by atoms with E-state index in [9.17, 15) is 0 Å². The van der Waals surface area contributed by atoms with Crippen LogP contribution in [0.2, 0.25) is 5.15 Å². The van der Waals surface area contributed by atoms with Crippen LogP contribution in [0.3, 0.4) is 0 Å². The summed E-state index contributed by atoms with van der Waals surface area (Å²) in [5.74, 6) is 0.751. The van der Waals surface area contributed by atoms with Crippen molar-refractivity contribution in [1.82, 2.24) is 9.97 Å². The maximum absolute atomic E-state index is 5.90. The molecule has 16 heavy (non-hydrogen) atoms. The molecule has 2 rings (SSSR count). The van der Waals surface area contributed by atoms with Crippen LogP contribution in [-0.2, 0) is 6.54 Å². The third-order valence-electron chi connectivity index (χ3n) is 2.09. The molecule has 0 spiro atoms. The minimum absolute atomic E-state index is 0.407. The van der Waals surface area contributed by atoms with E-state index in [0.29, 0.717) is 16.2 Å². The van der Waals surface area contributed by atoms with Gasteiger partial charge in [-0.3, -0.25) is 0 Å². The lowest BCUT2D eigenvalue weighted by atomic mass is 10.3. The van der Waals surface area contributed by atoms with Gasteiger partial charge in [-0.2, -0.15) is 0 Å². The van der Waals surface area contributed by atoms with E-state index in [-0.39, 0.29) is 0 Å². The number of rotatable bonds is 3. The van der Waals surface area contributed by atoms with Gasteiger partial charge in [0.25, 0.3) is 0 Å². The summed E-state index contributed by atoms with van der Waals surface area (Å²) in [5, 5.41) is 0.407. The molecule has 0 atom stereocenters. The van der Waals surface area contributed by atoms with E-state index in [1.807, 2.05) is 18.0 Å². The van der Waals surface area contributed by atoms with Gasteiger partial charge in [0, 0.05) is 19.2 Å². The fourth-order valence-electron chi connectivity index (χ4n) is 1.34. The molecule has 2 heterocycles. The smallest absolute Gasteiger partial charge is 0.148 e. The van der Waals surface area contributed by atoms with Crippen LogP contribution in [0.5, 0.6) is 0 Å². The molecule has 0 radical (unpaired) electrons. The molecule has 0 fully saturated rings. The molecule has 0 saturated carbocycles. The Labute approximate surface area is 106 Å². The van der Waals surface area contributed by atoms with Gasteiger partial charge in [0.1, 0.15) is 17.3 Å². The summed E-state index contributed by atoms with van der Waals surface area (Å²) in [6, 6.07) is 1.91. The molecule has 2 aromatic rings. The second-order valence-corrected chi connectivity index (χ2v) is 4.44. The average Bonchev–Trinajstić information content (AvgIpc) is 2.74. The maximum atomic E-state index is 5.90. The Hall–Kier alpha value is -1.07. The van der Waals surface area contributed by atoms with Crippen LogP contribution < -0.4 is 4.90 Å². The summed E-state index contributed by atoms with van der Waals surface area (Å²) in [6.45, 7) is 0.697. The Bertz CT molecular complexity index is 475. The van der Waals surface area contributed by atoms with E-state index in [1.165, 1.54) is 6.33 Å². The Morgan fingerprint density at radius 2 is 2.31 bits per heavy atom. The van der Waals surface area contributed by atoms with Crippen molar-refractivity contribution in [2.45, 2.75) is 6.54 Å². The molecule has 6 heteroatoms. The van der Waals surface area contributed by atoms with Crippen LogP contribution in [0, 0.1) is 0 Å². The highest BCUT2D eigenvalue weighted by Crippen LogP contribution is 2.29. The van der Waals surface area contributed by atoms with Gasteiger partial charge in [0.2, 0.25) is 0 Å². The second-order valence-electron chi connectivity index (χ2n) is 3.29. The molecule has 84 valence electrons. The zero-order valence-corrected chi connectivity index (χ0v) is 10.9. The van der Waals surface area contributed by atoms with Crippen LogP contribution in [0.15, 0.2) is 33.8 Å². The summed E-state index contributed by atoms with van der Waals surface area (Å²) >= 11 is 9.26. The van der Waals surface area contributed by atoms with Gasteiger partial charge in [0.05, 0.1) is 17.0 Å². The van der Waals surface area contributed by atoms with Gasteiger partial charge in [0.15, 0.2) is 0 Å². The lowest BCUT2D eigenvalue weighted by Gasteiger charge is -2.18. The third-order valence-corrected chi connectivity index (χ3v) is 3.34. The number of halogens is 2. The fraction of sp³-hybridized carbons (Fsp3) is 0.200. The van der Waals surface area contributed by atoms with E-state index in [0.717, 1.165) is 11.4 Å². The molecule has 2 aromatic heterocycles. The van der Waals surface area contributed by atoms with Crippen molar-refractivity contribution in [2.75, 3.05) is 11.9 Å². The van der Waals surface area contributed by atoms with E-state index >= 15 is 0 Å². The number of anilines is 1. The molecule has 0 aromatic carbocycles. The van der Waals surface area contributed by atoms with Crippen molar-refractivity contribution < 1.29 is 4.42 Å². The minimum Gasteiger partial charge on any atom is -0.472 e. The topological polar surface area (TPSA) is 42.2 Å². The highest BCUT2D eigenvalue weighted by Gasteiger charge is 2.11.